The molecular weight excluding hydrogens is 308 g/mol. The lowest BCUT2D eigenvalue weighted by molar-refractivity contribution is 0.162. The highest BCUT2D eigenvalue weighted by atomic mass is 16.5. The average molecular weight is 338 g/mol. The average Bonchev–Trinajstić information content (AvgIpc) is 2.65. The Morgan fingerprint density at radius 1 is 1.12 bits per heavy atom. The Hall–Kier alpha value is -1.84. The van der Waals surface area contributed by atoms with Crippen LogP contribution < -0.4 is 10.5 Å². The highest BCUT2D eigenvalue weighted by molar-refractivity contribution is 5.40. The molecule has 1 saturated heterocycles. The molecule has 0 bridgehead atoms. The topological polar surface area (TPSA) is 38.5 Å². The third-order valence-corrected chi connectivity index (χ3v) is 5.49. The lowest BCUT2D eigenvalue weighted by Gasteiger charge is -2.36. The lowest BCUT2D eigenvalue weighted by Crippen LogP contribution is -2.36. The number of benzene rings is 2. The zero-order valence-corrected chi connectivity index (χ0v) is 15.4. The maximum atomic E-state index is 6.20. The molecule has 0 spiro atoms. The maximum absolute atomic E-state index is 6.20. The van der Waals surface area contributed by atoms with Gasteiger partial charge in [0.25, 0.3) is 0 Å². The van der Waals surface area contributed by atoms with E-state index < -0.39 is 0 Å². The second-order valence-electron chi connectivity index (χ2n) is 7.19. The summed E-state index contributed by atoms with van der Waals surface area (Å²) in [6.07, 6.45) is 2.40. The maximum Gasteiger partial charge on any atom is 0.122 e. The van der Waals surface area contributed by atoms with Crippen molar-refractivity contribution in [3.8, 4) is 5.75 Å². The summed E-state index contributed by atoms with van der Waals surface area (Å²) in [6, 6.07) is 17.2. The monoisotopic (exact) mass is 338 g/mol. The number of likely N-dealkylation sites (tertiary alicyclic amines) is 1. The van der Waals surface area contributed by atoms with Crippen LogP contribution in [0.2, 0.25) is 0 Å². The smallest absolute Gasteiger partial charge is 0.122 e. The molecule has 3 nitrogen and oxygen atoms in total. The van der Waals surface area contributed by atoms with Crippen molar-refractivity contribution in [3.63, 3.8) is 0 Å². The minimum Gasteiger partial charge on any atom is -0.496 e. The van der Waals surface area contributed by atoms with Crippen LogP contribution in [-0.2, 0) is 6.54 Å². The van der Waals surface area contributed by atoms with Crippen molar-refractivity contribution in [2.45, 2.75) is 32.2 Å². The molecule has 1 aliphatic heterocycles. The molecule has 1 unspecified atom stereocenters. The van der Waals surface area contributed by atoms with Gasteiger partial charge in [-0.2, -0.15) is 0 Å². The number of methoxy groups -OCH3 is 1. The Labute approximate surface area is 151 Å². The molecule has 1 fully saturated rings. The van der Waals surface area contributed by atoms with Crippen LogP contribution in [0.25, 0.3) is 0 Å². The molecule has 2 aromatic rings. The molecule has 0 aromatic heterocycles. The summed E-state index contributed by atoms with van der Waals surface area (Å²) >= 11 is 0. The van der Waals surface area contributed by atoms with Crippen LogP contribution in [0, 0.1) is 12.8 Å². The van der Waals surface area contributed by atoms with Gasteiger partial charge in [0.2, 0.25) is 0 Å². The van der Waals surface area contributed by atoms with Crippen LogP contribution in [0.15, 0.2) is 48.5 Å². The van der Waals surface area contributed by atoms with E-state index in [1.807, 2.05) is 0 Å². The summed E-state index contributed by atoms with van der Waals surface area (Å²) in [5, 5.41) is 0. The van der Waals surface area contributed by atoms with E-state index >= 15 is 0 Å². The van der Waals surface area contributed by atoms with E-state index in [4.69, 9.17) is 10.5 Å². The Kier molecular flexibility index (Phi) is 6.11. The van der Waals surface area contributed by atoms with Crippen molar-refractivity contribution < 1.29 is 4.74 Å². The number of piperidine rings is 1. The number of nitrogens with zero attached hydrogens (tertiary/aromatic N) is 1. The van der Waals surface area contributed by atoms with E-state index in [-0.39, 0.29) is 0 Å². The normalized spacial score (nSPS) is 17.4. The molecule has 0 aliphatic carbocycles. The predicted octanol–water partition coefficient (Wildman–Crippen LogP) is 3.96. The minimum absolute atomic E-state index is 0.383. The number of ether oxygens (including phenoxy) is 1. The van der Waals surface area contributed by atoms with Gasteiger partial charge in [0.05, 0.1) is 7.11 Å². The zero-order valence-electron chi connectivity index (χ0n) is 15.4. The van der Waals surface area contributed by atoms with Crippen LogP contribution in [0.1, 0.15) is 35.4 Å². The predicted molar refractivity (Wildman–Crippen MR) is 104 cm³/mol. The fourth-order valence-corrected chi connectivity index (χ4v) is 4.07. The van der Waals surface area contributed by atoms with Crippen molar-refractivity contribution in [1.29, 1.82) is 0 Å². The highest BCUT2D eigenvalue weighted by Crippen LogP contribution is 2.37. The van der Waals surface area contributed by atoms with E-state index in [9.17, 15) is 0 Å². The Bertz CT molecular complexity index is 663. The molecule has 3 rings (SSSR count). The number of hydrogen-bond acceptors (Lipinski definition) is 3. The first-order chi connectivity index (χ1) is 12.2. The SMILES string of the molecule is COc1ccc(C)cc1C(CN)C1CCN(Cc2ccccc2)CC1. The van der Waals surface area contributed by atoms with Crippen molar-refractivity contribution >= 4 is 0 Å². The Morgan fingerprint density at radius 3 is 2.48 bits per heavy atom. The Morgan fingerprint density at radius 2 is 1.84 bits per heavy atom. The molecule has 3 heteroatoms. The molecule has 1 heterocycles. The second-order valence-corrected chi connectivity index (χ2v) is 7.19. The summed E-state index contributed by atoms with van der Waals surface area (Å²) in [6.45, 7) is 6.16. The van der Waals surface area contributed by atoms with Gasteiger partial charge >= 0.3 is 0 Å². The summed E-state index contributed by atoms with van der Waals surface area (Å²) < 4.78 is 5.61. The molecule has 134 valence electrons. The summed E-state index contributed by atoms with van der Waals surface area (Å²) in [5.41, 5.74) is 10.2. The molecule has 2 N–H and O–H groups in total. The zero-order chi connectivity index (χ0) is 17.6. The molecule has 0 amide bonds. The van der Waals surface area contributed by atoms with Gasteiger partial charge in [-0.1, -0.05) is 48.0 Å². The summed E-state index contributed by atoms with van der Waals surface area (Å²) in [7, 11) is 1.75. The molecule has 25 heavy (non-hydrogen) atoms. The number of rotatable bonds is 6. The van der Waals surface area contributed by atoms with Crippen molar-refractivity contribution in [2.24, 2.45) is 11.7 Å². The van der Waals surface area contributed by atoms with Crippen LogP contribution >= 0.6 is 0 Å². The summed E-state index contributed by atoms with van der Waals surface area (Å²) in [4.78, 5) is 2.56. The number of hydrogen-bond donors (Lipinski definition) is 1. The van der Waals surface area contributed by atoms with Gasteiger partial charge in [-0.25, -0.2) is 0 Å². The van der Waals surface area contributed by atoms with Crippen LogP contribution in [0.3, 0.4) is 0 Å². The van der Waals surface area contributed by atoms with Crippen molar-refractivity contribution in [2.75, 3.05) is 26.7 Å². The lowest BCUT2D eigenvalue weighted by atomic mass is 9.79. The first-order valence-corrected chi connectivity index (χ1v) is 9.32. The van der Waals surface area contributed by atoms with E-state index in [1.54, 1.807) is 7.11 Å². The first kappa shape index (κ1) is 18.0. The second kappa shape index (κ2) is 8.50. The van der Waals surface area contributed by atoms with Crippen LogP contribution in [-0.4, -0.2) is 31.6 Å². The third-order valence-electron chi connectivity index (χ3n) is 5.49. The highest BCUT2D eigenvalue weighted by Gasteiger charge is 2.28. The molecular formula is C22H30N2O. The van der Waals surface area contributed by atoms with Gasteiger partial charge in [0.15, 0.2) is 0 Å². The van der Waals surface area contributed by atoms with E-state index in [0.29, 0.717) is 18.4 Å². The van der Waals surface area contributed by atoms with Gasteiger partial charge in [-0.15, -0.1) is 0 Å². The molecule has 0 radical (unpaired) electrons. The fraction of sp³-hybridized carbons (Fsp3) is 0.455. The van der Waals surface area contributed by atoms with E-state index in [0.717, 1.165) is 25.4 Å². The van der Waals surface area contributed by atoms with E-state index in [1.165, 1.54) is 29.5 Å². The molecule has 1 aliphatic rings. The van der Waals surface area contributed by atoms with Gasteiger partial charge in [0.1, 0.15) is 5.75 Å². The number of aryl methyl sites for hydroxylation is 1. The minimum atomic E-state index is 0.383. The third kappa shape index (κ3) is 4.42. The Balaban J connectivity index is 1.65. The van der Waals surface area contributed by atoms with Crippen LogP contribution in [0.4, 0.5) is 0 Å². The molecule has 0 saturated carbocycles. The van der Waals surface area contributed by atoms with Crippen LogP contribution in [0.5, 0.6) is 5.75 Å². The van der Waals surface area contributed by atoms with E-state index in [2.05, 4.69) is 60.4 Å². The van der Waals surface area contributed by atoms with Gasteiger partial charge in [-0.3, -0.25) is 4.90 Å². The van der Waals surface area contributed by atoms with Crippen molar-refractivity contribution in [3.05, 3.63) is 65.2 Å². The summed E-state index contributed by atoms with van der Waals surface area (Å²) in [5.74, 6) is 1.99. The molecule has 2 aromatic carbocycles. The first-order valence-electron chi connectivity index (χ1n) is 9.32. The fourth-order valence-electron chi connectivity index (χ4n) is 4.07. The number of nitrogens with two attached hydrogens (primary N) is 1. The molecule has 1 atom stereocenters. The largest absolute Gasteiger partial charge is 0.496 e. The van der Waals surface area contributed by atoms with Crippen molar-refractivity contribution in [1.82, 2.24) is 4.90 Å². The standard InChI is InChI=1S/C22H30N2O/c1-17-8-9-22(25-2)20(14-17)21(15-23)19-10-12-24(13-11-19)16-18-6-4-3-5-7-18/h3-9,14,19,21H,10-13,15-16,23H2,1-2H3. The van der Waals surface area contributed by atoms with Gasteiger partial charge in [0, 0.05) is 12.5 Å². The van der Waals surface area contributed by atoms with Gasteiger partial charge in [-0.05, 0) is 62.5 Å². The van der Waals surface area contributed by atoms with Gasteiger partial charge < -0.3 is 10.5 Å². The quantitative estimate of drug-likeness (QED) is 0.866.